The van der Waals surface area contributed by atoms with Crippen molar-refractivity contribution in [2.45, 2.75) is 70.8 Å². The molecule has 1 fully saturated rings. The third kappa shape index (κ3) is 3.00. The number of aryl methyl sites for hydroxylation is 1. The van der Waals surface area contributed by atoms with Crippen LogP contribution in [0, 0.1) is 12.8 Å². The van der Waals surface area contributed by atoms with E-state index in [0.29, 0.717) is 5.92 Å². The van der Waals surface area contributed by atoms with Gasteiger partial charge in [0.15, 0.2) is 5.82 Å². The van der Waals surface area contributed by atoms with Gasteiger partial charge in [0, 0.05) is 24.3 Å². The maximum absolute atomic E-state index is 13.3. The fourth-order valence-corrected chi connectivity index (χ4v) is 5.56. The van der Waals surface area contributed by atoms with E-state index in [1.807, 2.05) is 11.8 Å². The first-order valence-electron chi connectivity index (χ1n) is 10.5. The van der Waals surface area contributed by atoms with Crippen molar-refractivity contribution < 1.29 is 4.79 Å². The van der Waals surface area contributed by atoms with E-state index < -0.39 is 0 Å². The lowest BCUT2D eigenvalue weighted by atomic mass is 9.91. The summed E-state index contributed by atoms with van der Waals surface area (Å²) in [4.78, 5) is 33.3. The number of carbonyl (C=O) groups excluding carboxylic acids is 1. The summed E-state index contributed by atoms with van der Waals surface area (Å²) < 4.78 is 0. The summed E-state index contributed by atoms with van der Waals surface area (Å²) in [6, 6.07) is 0.123. The van der Waals surface area contributed by atoms with Gasteiger partial charge < -0.3 is 4.98 Å². The summed E-state index contributed by atoms with van der Waals surface area (Å²) in [7, 11) is 0. The number of rotatable bonds is 5. The van der Waals surface area contributed by atoms with E-state index in [2.05, 4.69) is 22.3 Å². The van der Waals surface area contributed by atoms with Gasteiger partial charge in [-0.1, -0.05) is 19.8 Å². The van der Waals surface area contributed by atoms with Crippen molar-refractivity contribution in [1.29, 1.82) is 0 Å². The van der Waals surface area contributed by atoms with Crippen LogP contribution in [0.5, 0.6) is 0 Å². The Labute approximate surface area is 169 Å². The third-order valence-electron chi connectivity index (χ3n) is 6.24. The summed E-state index contributed by atoms with van der Waals surface area (Å²) in [5.74, 6) is 2.40. The van der Waals surface area contributed by atoms with Crippen molar-refractivity contribution in [2.75, 3.05) is 11.4 Å². The van der Waals surface area contributed by atoms with E-state index in [9.17, 15) is 4.79 Å². The lowest BCUT2D eigenvalue weighted by molar-refractivity contribution is -0.120. The highest BCUT2D eigenvalue weighted by Gasteiger charge is 2.45. The van der Waals surface area contributed by atoms with Crippen LogP contribution in [-0.2, 0) is 11.2 Å². The molecule has 2 aromatic heterocycles. The van der Waals surface area contributed by atoms with Crippen molar-refractivity contribution in [3.05, 3.63) is 27.6 Å². The number of hydrogen-bond donors (Lipinski definition) is 1. The van der Waals surface area contributed by atoms with Gasteiger partial charge in [-0.05, 0) is 32.6 Å². The number of hydrogen-bond acceptors (Lipinski definition) is 5. The first-order valence-corrected chi connectivity index (χ1v) is 11.4. The van der Waals surface area contributed by atoms with Gasteiger partial charge in [0.05, 0.1) is 28.4 Å². The van der Waals surface area contributed by atoms with Gasteiger partial charge in [-0.3, -0.25) is 14.7 Å². The van der Waals surface area contributed by atoms with Crippen LogP contribution in [0.2, 0.25) is 0 Å². The minimum atomic E-state index is -0.138. The Kier molecular flexibility index (Phi) is 4.57. The van der Waals surface area contributed by atoms with Crippen molar-refractivity contribution in [1.82, 2.24) is 15.0 Å². The number of nitrogens with zero attached hydrogens (tertiary/aromatic N) is 4. The molecule has 1 aliphatic carbocycles. The van der Waals surface area contributed by atoms with E-state index >= 15 is 0 Å². The number of anilines is 1. The molecule has 28 heavy (non-hydrogen) atoms. The van der Waals surface area contributed by atoms with E-state index in [4.69, 9.17) is 9.98 Å². The van der Waals surface area contributed by atoms with Gasteiger partial charge in [-0.2, -0.15) is 0 Å². The molecule has 1 N–H and O–H groups in total. The standard InChI is InChI=1S/C21H27N5OS/c1-3-8-26-20-18(24-19(25-20)13-6-4-5-7-13)17-16(21(26)27)10-14(23-17)9-15-11-28-12(2)22-15/h11,13-14,16H,3-10H2,1-2H3,(H,24,25). The summed E-state index contributed by atoms with van der Waals surface area (Å²) in [6.45, 7) is 4.87. The molecule has 1 saturated carbocycles. The van der Waals surface area contributed by atoms with Crippen molar-refractivity contribution in [3.63, 3.8) is 0 Å². The summed E-state index contributed by atoms with van der Waals surface area (Å²) in [5, 5.41) is 3.20. The first kappa shape index (κ1) is 18.0. The molecule has 4 heterocycles. The predicted octanol–water partition coefficient (Wildman–Crippen LogP) is 4.01. The number of amides is 1. The second kappa shape index (κ2) is 7.10. The molecule has 0 aromatic carbocycles. The quantitative estimate of drug-likeness (QED) is 0.828. The molecule has 0 spiro atoms. The van der Waals surface area contributed by atoms with Crippen LogP contribution in [0.4, 0.5) is 5.82 Å². The van der Waals surface area contributed by atoms with Gasteiger partial charge >= 0.3 is 0 Å². The monoisotopic (exact) mass is 397 g/mol. The van der Waals surface area contributed by atoms with Crippen molar-refractivity contribution in [3.8, 4) is 0 Å². The van der Waals surface area contributed by atoms with E-state index in [0.717, 1.165) is 59.6 Å². The minimum absolute atomic E-state index is 0.123. The molecule has 0 saturated heterocycles. The smallest absolute Gasteiger partial charge is 0.237 e. The Bertz CT molecular complexity index is 923. The molecule has 148 valence electrons. The molecule has 2 atom stereocenters. The Morgan fingerprint density at radius 3 is 2.82 bits per heavy atom. The van der Waals surface area contributed by atoms with Gasteiger partial charge in [-0.15, -0.1) is 11.3 Å². The molecule has 6 nitrogen and oxygen atoms in total. The van der Waals surface area contributed by atoms with Gasteiger partial charge in [0.1, 0.15) is 11.5 Å². The predicted molar refractivity (Wildman–Crippen MR) is 111 cm³/mol. The molecular formula is C21H27N5OS. The van der Waals surface area contributed by atoms with Crippen LogP contribution in [0.25, 0.3) is 0 Å². The number of H-pyrrole nitrogens is 1. The van der Waals surface area contributed by atoms with Crippen LogP contribution in [-0.4, -0.2) is 39.2 Å². The lowest BCUT2D eigenvalue weighted by Crippen LogP contribution is -2.44. The fraction of sp³-hybridized carbons (Fsp3) is 0.619. The number of fused-ring (bicyclic) bond motifs is 3. The fourth-order valence-electron chi connectivity index (χ4n) is 4.93. The zero-order chi connectivity index (χ0) is 19.3. The molecule has 0 bridgehead atoms. The maximum Gasteiger partial charge on any atom is 0.237 e. The summed E-state index contributed by atoms with van der Waals surface area (Å²) in [5.41, 5.74) is 3.02. The molecule has 2 unspecified atom stereocenters. The topological polar surface area (TPSA) is 74.2 Å². The number of imidazole rings is 1. The van der Waals surface area contributed by atoms with Gasteiger partial charge in [0.2, 0.25) is 5.91 Å². The van der Waals surface area contributed by atoms with E-state index in [-0.39, 0.29) is 17.9 Å². The Balaban J connectivity index is 1.49. The number of carbonyl (C=O) groups is 1. The minimum Gasteiger partial charge on any atom is -0.339 e. The number of nitrogens with one attached hydrogen (secondary N) is 1. The average Bonchev–Trinajstić information content (AvgIpc) is 3.44. The van der Waals surface area contributed by atoms with Crippen LogP contribution in [0.15, 0.2) is 10.4 Å². The molecular weight excluding hydrogens is 370 g/mol. The summed E-state index contributed by atoms with van der Waals surface area (Å²) in [6.07, 6.45) is 7.44. The van der Waals surface area contributed by atoms with E-state index in [1.54, 1.807) is 11.3 Å². The molecule has 7 heteroatoms. The Hall–Kier alpha value is -2.02. The van der Waals surface area contributed by atoms with Crippen LogP contribution >= 0.6 is 11.3 Å². The Morgan fingerprint density at radius 2 is 2.11 bits per heavy atom. The highest BCUT2D eigenvalue weighted by molar-refractivity contribution is 7.09. The molecule has 2 aromatic rings. The van der Waals surface area contributed by atoms with Gasteiger partial charge in [0.25, 0.3) is 0 Å². The van der Waals surface area contributed by atoms with Crippen LogP contribution in [0.3, 0.4) is 0 Å². The van der Waals surface area contributed by atoms with E-state index in [1.165, 1.54) is 25.7 Å². The zero-order valence-corrected chi connectivity index (χ0v) is 17.4. The highest BCUT2D eigenvalue weighted by atomic mass is 32.1. The number of aliphatic imine (C=N–C) groups is 1. The van der Waals surface area contributed by atoms with Crippen molar-refractivity contribution >= 4 is 28.8 Å². The molecule has 0 radical (unpaired) electrons. The first-order chi connectivity index (χ1) is 13.6. The van der Waals surface area contributed by atoms with Crippen LogP contribution in [0.1, 0.15) is 73.6 Å². The highest BCUT2D eigenvalue weighted by Crippen LogP contribution is 2.40. The summed E-state index contributed by atoms with van der Waals surface area (Å²) >= 11 is 1.68. The SMILES string of the molecule is CCCN1C(=O)C2CC(Cc3csc(C)n3)N=C2c2[nH]c(C3CCCC3)nc21. The maximum atomic E-state index is 13.3. The number of aromatic amines is 1. The number of aromatic nitrogens is 3. The molecule has 2 aliphatic heterocycles. The van der Waals surface area contributed by atoms with Gasteiger partial charge in [-0.25, -0.2) is 9.97 Å². The normalized spacial score (nSPS) is 24.6. The van der Waals surface area contributed by atoms with Crippen LogP contribution < -0.4 is 4.90 Å². The second-order valence-electron chi connectivity index (χ2n) is 8.31. The second-order valence-corrected chi connectivity index (χ2v) is 9.37. The third-order valence-corrected chi connectivity index (χ3v) is 7.06. The zero-order valence-electron chi connectivity index (χ0n) is 16.6. The molecule has 3 aliphatic rings. The molecule has 5 rings (SSSR count). The largest absolute Gasteiger partial charge is 0.339 e. The average molecular weight is 398 g/mol. The van der Waals surface area contributed by atoms with Crippen molar-refractivity contribution in [2.24, 2.45) is 10.9 Å². The number of thiazole rings is 1. The molecule has 1 amide bonds. The lowest BCUT2D eigenvalue weighted by Gasteiger charge is -2.29. The Morgan fingerprint density at radius 1 is 1.29 bits per heavy atom.